The molecule has 1 aliphatic heterocycles. The van der Waals surface area contributed by atoms with Crippen LogP contribution in [0.3, 0.4) is 0 Å². The highest BCUT2D eigenvalue weighted by Crippen LogP contribution is 2.47. The number of halogens is 5. The van der Waals surface area contributed by atoms with Gasteiger partial charge in [-0.15, -0.1) is 11.6 Å². The monoisotopic (exact) mass is 351 g/mol. The van der Waals surface area contributed by atoms with Crippen molar-refractivity contribution < 1.29 is 22.7 Å². The number of unbranched alkanes of at least 4 members (excludes halogenated alkanes) is 1. The van der Waals surface area contributed by atoms with Gasteiger partial charge in [-0.3, -0.25) is 5.32 Å². The molecule has 1 aromatic rings. The van der Waals surface area contributed by atoms with Gasteiger partial charge in [0.2, 0.25) is 0 Å². The lowest BCUT2D eigenvalue weighted by Crippen LogP contribution is -2.49. The summed E-state index contributed by atoms with van der Waals surface area (Å²) in [4.78, 5) is 11.5. The second-order valence-corrected chi connectivity index (χ2v) is 5.29. The van der Waals surface area contributed by atoms with E-state index in [4.69, 9.17) is 23.2 Å². The number of cyclic esters (lactones) is 1. The summed E-state index contributed by atoms with van der Waals surface area (Å²) in [5.74, 6) is 4.71. The van der Waals surface area contributed by atoms with Crippen LogP contribution in [0.2, 0.25) is 5.02 Å². The molecule has 1 aromatic carbocycles. The van der Waals surface area contributed by atoms with E-state index in [9.17, 15) is 18.0 Å². The van der Waals surface area contributed by atoms with Crippen molar-refractivity contribution in [1.82, 2.24) is 0 Å². The highest BCUT2D eigenvalue weighted by atomic mass is 35.5. The second-order valence-electron chi connectivity index (χ2n) is 4.48. The fraction of sp³-hybridized carbons (Fsp3) is 0.357. The predicted molar refractivity (Wildman–Crippen MR) is 77.0 cm³/mol. The molecule has 0 aliphatic carbocycles. The van der Waals surface area contributed by atoms with Gasteiger partial charge in [0.05, 0.1) is 5.69 Å². The number of hydrogen-bond donors (Lipinski definition) is 1. The molecule has 1 aliphatic rings. The minimum atomic E-state index is -4.92. The molecule has 0 spiro atoms. The first-order valence-electron chi connectivity index (χ1n) is 6.23. The number of carbonyl (C=O) groups excluding carboxylic acids is 1. The van der Waals surface area contributed by atoms with Gasteiger partial charge in [0.1, 0.15) is 0 Å². The van der Waals surface area contributed by atoms with Gasteiger partial charge in [0.15, 0.2) is 0 Å². The fourth-order valence-corrected chi connectivity index (χ4v) is 2.27. The molecule has 118 valence electrons. The number of fused-ring (bicyclic) bond motifs is 1. The third kappa shape index (κ3) is 3.11. The Morgan fingerprint density at radius 3 is 2.73 bits per heavy atom. The van der Waals surface area contributed by atoms with E-state index in [0.717, 1.165) is 6.07 Å². The second kappa shape index (κ2) is 6.27. The van der Waals surface area contributed by atoms with Crippen LogP contribution in [0.5, 0.6) is 0 Å². The summed E-state index contributed by atoms with van der Waals surface area (Å²) >= 11 is 11.2. The lowest BCUT2D eigenvalue weighted by molar-refractivity contribution is -0.239. The van der Waals surface area contributed by atoms with Crippen LogP contribution in [0.25, 0.3) is 0 Å². The normalized spacial score (nSPS) is 20.3. The zero-order chi connectivity index (χ0) is 16.4. The molecule has 0 saturated carbocycles. The molecule has 1 amide bonds. The highest BCUT2D eigenvalue weighted by Gasteiger charge is 2.61. The van der Waals surface area contributed by atoms with E-state index < -0.39 is 17.9 Å². The molecule has 1 heterocycles. The molecule has 0 fully saturated rings. The van der Waals surface area contributed by atoms with E-state index >= 15 is 0 Å². The van der Waals surface area contributed by atoms with E-state index in [-0.39, 0.29) is 28.6 Å². The first-order valence-corrected chi connectivity index (χ1v) is 7.14. The largest absolute Gasteiger partial charge is 0.445 e. The Balaban J connectivity index is 2.60. The lowest BCUT2D eigenvalue weighted by atomic mass is 9.90. The molecular formula is C14H10Cl2F3NO2. The maximum Gasteiger partial charge on any atom is 0.445 e. The standard InChI is InChI=1S/C14H10Cl2F3NO2/c15-7-3-1-2-6-13(14(17,18)19)10-8-9(16)4-5-11(10)20-12(21)22-13/h4-5,8H,1,3,7H2,(H,20,21). The Kier molecular flexibility index (Phi) is 4.78. The molecule has 0 radical (unpaired) electrons. The van der Waals surface area contributed by atoms with Crippen LogP contribution in [-0.2, 0) is 10.3 Å². The molecule has 3 nitrogen and oxygen atoms in total. The molecule has 0 aromatic heterocycles. The number of amides is 1. The molecule has 1 unspecified atom stereocenters. The van der Waals surface area contributed by atoms with Crippen LogP contribution in [0.4, 0.5) is 23.7 Å². The Bertz CT molecular complexity index is 652. The first-order chi connectivity index (χ1) is 10.3. The molecule has 0 bridgehead atoms. The van der Waals surface area contributed by atoms with E-state index in [1.165, 1.54) is 12.1 Å². The van der Waals surface area contributed by atoms with Crippen molar-refractivity contribution in [3.05, 3.63) is 28.8 Å². The van der Waals surface area contributed by atoms with Gasteiger partial charge >= 0.3 is 12.3 Å². The van der Waals surface area contributed by atoms with Gasteiger partial charge in [-0.25, -0.2) is 4.79 Å². The van der Waals surface area contributed by atoms with Crippen LogP contribution < -0.4 is 5.32 Å². The maximum absolute atomic E-state index is 13.6. The molecule has 2 rings (SSSR count). The van der Waals surface area contributed by atoms with Crippen LogP contribution >= 0.6 is 23.2 Å². The van der Waals surface area contributed by atoms with Crippen LogP contribution in [-0.4, -0.2) is 18.1 Å². The van der Waals surface area contributed by atoms with Gasteiger partial charge in [-0.2, -0.15) is 13.2 Å². The summed E-state index contributed by atoms with van der Waals surface area (Å²) in [6.45, 7) is 0. The zero-order valence-electron chi connectivity index (χ0n) is 11.1. The van der Waals surface area contributed by atoms with Gasteiger partial charge < -0.3 is 4.74 Å². The van der Waals surface area contributed by atoms with E-state index in [0.29, 0.717) is 6.42 Å². The van der Waals surface area contributed by atoms with E-state index in [1.807, 2.05) is 5.92 Å². The van der Waals surface area contributed by atoms with Crippen molar-refractivity contribution in [2.45, 2.75) is 24.6 Å². The maximum atomic E-state index is 13.6. The van der Waals surface area contributed by atoms with Gasteiger partial charge in [0, 0.05) is 22.9 Å². The highest BCUT2D eigenvalue weighted by molar-refractivity contribution is 6.30. The van der Waals surface area contributed by atoms with Crippen molar-refractivity contribution in [1.29, 1.82) is 0 Å². The average molecular weight is 352 g/mol. The number of alkyl halides is 4. The molecular weight excluding hydrogens is 342 g/mol. The quantitative estimate of drug-likeness (QED) is 0.477. The van der Waals surface area contributed by atoms with Gasteiger partial charge in [0.25, 0.3) is 5.60 Å². The predicted octanol–water partition coefficient (Wildman–Crippen LogP) is 4.68. The number of hydrogen-bond acceptors (Lipinski definition) is 2. The summed E-state index contributed by atoms with van der Waals surface area (Å²) in [6, 6.07) is 3.73. The van der Waals surface area contributed by atoms with Gasteiger partial charge in [-0.05, 0) is 30.5 Å². The van der Waals surface area contributed by atoms with Gasteiger partial charge in [-0.1, -0.05) is 17.5 Å². The number of rotatable bonds is 2. The minimum Gasteiger partial charge on any atom is -0.415 e. The number of benzene rings is 1. The number of ether oxygens (including phenoxy) is 1. The molecule has 1 N–H and O–H groups in total. The van der Waals surface area contributed by atoms with Crippen molar-refractivity contribution >= 4 is 35.0 Å². The topological polar surface area (TPSA) is 38.3 Å². The van der Waals surface area contributed by atoms with Crippen molar-refractivity contribution in [3.63, 3.8) is 0 Å². The molecule has 22 heavy (non-hydrogen) atoms. The first kappa shape index (κ1) is 16.8. The minimum absolute atomic E-state index is 0.0374. The summed E-state index contributed by atoms with van der Waals surface area (Å²) in [6.07, 6.45) is -5.56. The Labute approximate surface area is 134 Å². The molecule has 1 atom stereocenters. The Hall–Kier alpha value is -1.58. The Morgan fingerprint density at radius 1 is 1.36 bits per heavy atom. The Morgan fingerprint density at radius 2 is 2.09 bits per heavy atom. The van der Waals surface area contributed by atoms with Crippen molar-refractivity contribution in [3.8, 4) is 11.8 Å². The third-order valence-corrected chi connectivity index (χ3v) is 3.44. The smallest absolute Gasteiger partial charge is 0.415 e. The summed E-state index contributed by atoms with van der Waals surface area (Å²) in [5.41, 5.74) is -3.42. The van der Waals surface area contributed by atoms with Crippen LogP contribution in [0.1, 0.15) is 18.4 Å². The van der Waals surface area contributed by atoms with E-state index in [1.54, 1.807) is 0 Å². The SMILES string of the molecule is O=C1Nc2ccc(Cl)cc2C(C#CCCCCl)(C(F)(F)F)O1. The van der Waals surface area contributed by atoms with Crippen LogP contribution in [0, 0.1) is 11.8 Å². The van der Waals surface area contributed by atoms with E-state index in [2.05, 4.69) is 16.0 Å². The summed E-state index contributed by atoms with van der Waals surface area (Å²) < 4.78 is 45.4. The fourth-order valence-electron chi connectivity index (χ4n) is 1.96. The molecule has 8 heteroatoms. The number of carbonyl (C=O) groups is 1. The number of nitrogens with one attached hydrogen (secondary N) is 1. The van der Waals surface area contributed by atoms with Crippen molar-refractivity contribution in [2.24, 2.45) is 0 Å². The molecule has 0 saturated heterocycles. The zero-order valence-corrected chi connectivity index (χ0v) is 12.6. The number of anilines is 1. The lowest BCUT2D eigenvalue weighted by Gasteiger charge is -2.35. The third-order valence-electron chi connectivity index (χ3n) is 2.94. The van der Waals surface area contributed by atoms with Crippen molar-refractivity contribution in [2.75, 3.05) is 11.2 Å². The summed E-state index contributed by atoms with van der Waals surface area (Å²) in [5, 5.41) is 2.29. The van der Waals surface area contributed by atoms with Crippen LogP contribution in [0.15, 0.2) is 18.2 Å². The summed E-state index contributed by atoms with van der Waals surface area (Å²) in [7, 11) is 0. The average Bonchev–Trinajstić information content (AvgIpc) is 2.42.